The van der Waals surface area contributed by atoms with Crippen molar-refractivity contribution < 1.29 is 0 Å². The largest absolute Gasteiger partial charge is 0.355 e. The van der Waals surface area contributed by atoms with Gasteiger partial charge in [-0.15, -0.1) is 0 Å². The van der Waals surface area contributed by atoms with Gasteiger partial charge in [-0.3, -0.25) is 0 Å². The van der Waals surface area contributed by atoms with E-state index >= 15 is 0 Å². The van der Waals surface area contributed by atoms with Gasteiger partial charge in [-0.25, -0.2) is 15.8 Å². The Morgan fingerprint density at radius 2 is 2.05 bits per heavy atom. The molecule has 0 radical (unpaired) electrons. The van der Waals surface area contributed by atoms with E-state index < -0.39 is 0 Å². The summed E-state index contributed by atoms with van der Waals surface area (Å²) >= 11 is 0. The molecule has 2 fully saturated rings. The Hall–Kier alpha value is -1.40. The van der Waals surface area contributed by atoms with Gasteiger partial charge in [-0.05, 0) is 32.9 Å². The topological polar surface area (TPSA) is 70.3 Å². The highest BCUT2D eigenvalue weighted by Gasteiger charge is 2.33. The molecule has 2 aliphatic rings. The maximum Gasteiger partial charge on any atom is 0.145 e. The van der Waals surface area contributed by atoms with Gasteiger partial charge in [0.25, 0.3) is 0 Å². The number of nitrogens with two attached hydrogens (primary N) is 1. The second kappa shape index (κ2) is 5.18. The number of rotatable bonds is 4. The molecule has 0 spiro atoms. The number of likely N-dealkylation sites (N-methyl/N-ethyl adjacent to an activating group) is 1. The number of anilines is 2. The Kier molecular flexibility index (Phi) is 3.52. The third-order valence-electron chi connectivity index (χ3n) is 4.38. The molecule has 6 heteroatoms. The second-order valence-electron chi connectivity index (χ2n) is 6.30. The van der Waals surface area contributed by atoms with E-state index in [-0.39, 0.29) is 0 Å². The van der Waals surface area contributed by atoms with Crippen LogP contribution in [0.2, 0.25) is 0 Å². The first-order valence-electron chi connectivity index (χ1n) is 7.35. The molecule has 0 amide bonds. The Morgan fingerprint density at radius 1 is 1.30 bits per heavy atom. The fourth-order valence-electron chi connectivity index (χ4n) is 3.02. The van der Waals surface area contributed by atoms with Gasteiger partial charge in [0.1, 0.15) is 17.5 Å². The molecule has 3 N–H and O–H groups in total. The zero-order chi connectivity index (χ0) is 14.3. The fraction of sp³-hybridized carbons (Fsp3) is 0.714. The molecule has 1 saturated carbocycles. The molecule has 6 nitrogen and oxygen atoms in total. The molecule has 20 heavy (non-hydrogen) atoms. The summed E-state index contributed by atoms with van der Waals surface area (Å²) in [5, 5.41) is 0. The Labute approximate surface area is 120 Å². The summed E-state index contributed by atoms with van der Waals surface area (Å²) < 4.78 is 0. The van der Waals surface area contributed by atoms with E-state index in [1.807, 2.05) is 6.07 Å². The predicted octanol–water partition coefficient (Wildman–Crippen LogP) is 1.03. The molecule has 2 heterocycles. The first-order valence-corrected chi connectivity index (χ1v) is 7.35. The lowest BCUT2D eigenvalue weighted by atomic mass is 10.1. The van der Waals surface area contributed by atoms with E-state index in [0.29, 0.717) is 17.9 Å². The van der Waals surface area contributed by atoms with Crippen LogP contribution in [-0.4, -0.2) is 48.1 Å². The van der Waals surface area contributed by atoms with Crippen molar-refractivity contribution in [3.8, 4) is 0 Å². The van der Waals surface area contributed by atoms with Crippen molar-refractivity contribution in [2.75, 3.05) is 37.5 Å². The highest BCUT2D eigenvalue weighted by molar-refractivity contribution is 5.50. The van der Waals surface area contributed by atoms with E-state index in [9.17, 15) is 0 Å². The summed E-state index contributed by atoms with van der Waals surface area (Å²) in [6.07, 6.45) is 2.40. The standard InChI is InChI=1S/C14H24N6/c1-9-7-20(8-11(9)19(2)3)13-6-12(18-15)16-14(17-13)10-4-5-10/h6,9-11H,4-5,7-8,15H2,1-3H3,(H,16,17,18). The third kappa shape index (κ3) is 2.58. The number of nitrogens with one attached hydrogen (secondary N) is 1. The van der Waals surface area contributed by atoms with Crippen molar-refractivity contribution in [1.29, 1.82) is 0 Å². The van der Waals surface area contributed by atoms with Crippen LogP contribution < -0.4 is 16.2 Å². The van der Waals surface area contributed by atoms with Crippen LogP contribution >= 0.6 is 0 Å². The average Bonchev–Trinajstić information content (AvgIpc) is 3.20. The highest BCUT2D eigenvalue weighted by atomic mass is 15.3. The molecule has 3 rings (SSSR count). The van der Waals surface area contributed by atoms with Gasteiger partial charge in [0, 0.05) is 31.1 Å². The predicted molar refractivity (Wildman–Crippen MR) is 80.7 cm³/mol. The summed E-state index contributed by atoms with van der Waals surface area (Å²) in [6, 6.07) is 2.53. The minimum atomic E-state index is 0.534. The van der Waals surface area contributed by atoms with Crippen LogP contribution in [-0.2, 0) is 0 Å². The Morgan fingerprint density at radius 3 is 2.60 bits per heavy atom. The van der Waals surface area contributed by atoms with Crippen molar-refractivity contribution in [1.82, 2.24) is 14.9 Å². The molecule has 0 aromatic carbocycles. The first kappa shape index (κ1) is 13.6. The van der Waals surface area contributed by atoms with E-state index in [2.05, 4.69) is 41.2 Å². The maximum absolute atomic E-state index is 5.54. The van der Waals surface area contributed by atoms with Gasteiger partial charge in [-0.1, -0.05) is 6.92 Å². The van der Waals surface area contributed by atoms with Crippen molar-refractivity contribution in [2.24, 2.45) is 11.8 Å². The zero-order valence-corrected chi connectivity index (χ0v) is 12.5. The lowest BCUT2D eigenvalue weighted by Gasteiger charge is -2.23. The number of aromatic nitrogens is 2. The van der Waals surface area contributed by atoms with Gasteiger partial charge in [0.15, 0.2) is 0 Å². The normalized spacial score (nSPS) is 26.4. The lowest BCUT2D eigenvalue weighted by Crippen LogP contribution is -2.34. The van der Waals surface area contributed by atoms with Crippen LogP contribution in [0, 0.1) is 5.92 Å². The number of nitrogen functional groups attached to an aromatic ring is 1. The molecular formula is C14H24N6. The molecule has 1 saturated heterocycles. The van der Waals surface area contributed by atoms with Crippen molar-refractivity contribution >= 4 is 11.6 Å². The number of hydrazine groups is 1. The summed E-state index contributed by atoms with van der Waals surface area (Å²) in [4.78, 5) is 13.9. The molecule has 1 aliphatic carbocycles. The van der Waals surface area contributed by atoms with Crippen molar-refractivity contribution in [2.45, 2.75) is 31.7 Å². The molecule has 0 bridgehead atoms. The molecule has 1 aliphatic heterocycles. The Balaban J connectivity index is 1.84. The number of nitrogens with zero attached hydrogens (tertiary/aromatic N) is 4. The van der Waals surface area contributed by atoms with Gasteiger partial charge in [0.2, 0.25) is 0 Å². The number of hydrogen-bond donors (Lipinski definition) is 2. The Bertz CT molecular complexity index is 485. The molecule has 110 valence electrons. The minimum absolute atomic E-state index is 0.534. The van der Waals surface area contributed by atoms with Gasteiger partial charge < -0.3 is 15.2 Å². The zero-order valence-electron chi connectivity index (χ0n) is 12.5. The van der Waals surface area contributed by atoms with Crippen LogP contribution in [0.5, 0.6) is 0 Å². The summed E-state index contributed by atoms with van der Waals surface area (Å²) in [7, 11) is 4.29. The van der Waals surface area contributed by atoms with Crippen LogP contribution in [0.3, 0.4) is 0 Å². The minimum Gasteiger partial charge on any atom is -0.355 e. The van der Waals surface area contributed by atoms with Crippen LogP contribution in [0.25, 0.3) is 0 Å². The summed E-state index contributed by atoms with van der Waals surface area (Å²) in [5.74, 6) is 9.38. The second-order valence-corrected chi connectivity index (χ2v) is 6.30. The van der Waals surface area contributed by atoms with Gasteiger partial charge >= 0.3 is 0 Å². The van der Waals surface area contributed by atoms with Gasteiger partial charge in [-0.2, -0.15) is 0 Å². The summed E-state index contributed by atoms with van der Waals surface area (Å²) in [6.45, 7) is 4.35. The van der Waals surface area contributed by atoms with Crippen molar-refractivity contribution in [3.05, 3.63) is 11.9 Å². The molecule has 1 aromatic heterocycles. The van der Waals surface area contributed by atoms with Crippen LogP contribution in [0.15, 0.2) is 6.07 Å². The van der Waals surface area contributed by atoms with E-state index in [0.717, 1.165) is 30.5 Å². The maximum atomic E-state index is 5.54. The van der Waals surface area contributed by atoms with Crippen LogP contribution in [0.1, 0.15) is 31.5 Å². The smallest absolute Gasteiger partial charge is 0.145 e. The highest BCUT2D eigenvalue weighted by Crippen LogP contribution is 2.39. The van der Waals surface area contributed by atoms with Gasteiger partial charge in [0.05, 0.1) is 0 Å². The number of hydrogen-bond acceptors (Lipinski definition) is 6. The lowest BCUT2D eigenvalue weighted by molar-refractivity contribution is 0.266. The molecular weight excluding hydrogens is 252 g/mol. The molecule has 2 atom stereocenters. The first-order chi connectivity index (χ1) is 9.58. The van der Waals surface area contributed by atoms with Crippen LogP contribution in [0.4, 0.5) is 11.6 Å². The van der Waals surface area contributed by atoms with Crippen molar-refractivity contribution in [3.63, 3.8) is 0 Å². The SMILES string of the molecule is CC1CN(c2cc(NN)nc(C3CC3)n2)CC1N(C)C. The average molecular weight is 276 g/mol. The summed E-state index contributed by atoms with van der Waals surface area (Å²) in [5.41, 5.74) is 2.67. The quantitative estimate of drug-likeness (QED) is 0.632. The molecule has 1 aromatic rings. The van der Waals surface area contributed by atoms with E-state index in [1.165, 1.54) is 12.8 Å². The van der Waals surface area contributed by atoms with E-state index in [4.69, 9.17) is 10.8 Å². The fourth-order valence-corrected chi connectivity index (χ4v) is 3.02. The van der Waals surface area contributed by atoms with E-state index in [1.54, 1.807) is 0 Å². The third-order valence-corrected chi connectivity index (χ3v) is 4.38. The monoisotopic (exact) mass is 276 g/mol. The molecule has 2 unspecified atom stereocenters.